The van der Waals surface area contributed by atoms with E-state index in [2.05, 4.69) is 63.5 Å². The van der Waals surface area contributed by atoms with Crippen molar-refractivity contribution in [3.8, 4) is 11.3 Å². The summed E-state index contributed by atoms with van der Waals surface area (Å²) in [7, 11) is 0. The van der Waals surface area contributed by atoms with Crippen molar-refractivity contribution < 1.29 is 4.79 Å². The predicted molar refractivity (Wildman–Crippen MR) is 147 cm³/mol. The maximum absolute atomic E-state index is 12.8. The van der Waals surface area contributed by atoms with E-state index in [1.165, 1.54) is 24.9 Å². The monoisotopic (exact) mass is 484 g/mol. The van der Waals surface area contributed by atoms with Crippen molar-refractivity contribution in [3.63, 3.8) is 0 Å². The topological polar surface area (TPSA) is 73.4 Å². The van der Waals surface area contributed by atoms with Crippen molar-refractivity contribution in [2.24, 2.45) is 0 Å². The molecule has 0 aliphatic carbocycles. The third-order valence-electron chi connectivity index (χ3n) is 7.21. The number of nitrogens with zero attached hydrogens (tertiary/aromatic N) is 4. The number of carbonyl (C=O) groups is 1. The summed E-state index contributed by atoms with van der Waals surface area (Å²) in [5.41, 5.74) is 4.85. The Morgan fingerprint density at radius 3 is 2.33 bits per heavy atom. The van der Waals surface area contributed by atoms with Gasteiger partial charge in [-0.15, -0.1) is 0 Å². The number of amides is 1. The van der Waals surface area contributed by atoms with Gasteiger partial charge in [-0.3, -0.25) is 9.69 Å². The first kappa shape index (κ1) is 24.3. The van der Waals surface area contributed by atoms with Gasteiger partial charge in [-0.1, -0.05) is 12.1 Å². The Hall–Kier alpha value is -3.45. The maximum Gasteiger partial charge on any atom is 0.241 e. The van der Waals surface area contributed by atoms with Crippen LogP contribution in [-0.2, 0) is 4.79 Å². The molecule has 2 fully saturated rings. The molecule has 36 heavy (non-hydrogen) atoms. The van der Waals surface area contributed by atoms with Crippen LogP contribution in [0.1, 0.15) is 46.0 Å². The van der Waals surface area contributed by atoms with E-state index in [0.29, 0.717) is 12.0 Å². The van der Waals surface area contributed by atoms with E-state index in [0.717, 1.165) is 55.1 Å². The standard InChI is InChI=1S/C29H36N6O/c1-21(2)35-20-6-7-27(35)28(36)31-23-10-8-22(9-11-23)26-16-17-30-29(33-26)32-24-12-14-25(15-13-24)34-18-4-3-5-19-34/h8-17,21,27H,3-7,18-20H2,1-2H3,(H,31,36)(H,30,32,33)/t27-/m1/s1. The molecule has 188 valence electrons. The van der Waals surface area contributed by atoms with Crippen molar-refractivity contribution in [2.75, 3.05) is 35.2 Å². The van der Waals surface area contributed by atoms with Crippen LogP contribution in [0.3, 0.4) is 0 Å². The smallest absolute Gasteiger partial charge is 0.241 e. The lowest BCUT2D eigenvalue weighted by Crippen LogP contribution is -2.43. The van der Waals surface area contributed by atoms with E-state index >= 15 is 0 Å². The minimum absolute atomic E-state index is 0.0471. The number of aromatic nitrogens is 2. The lowest BCUT2D eigenvalue weighted by molar-refractivity contribution is -0.120. The summed E-state index contributed by atoms with van der Waals surface area (Å²) >= 11 is 0. The van der Waals surface area contributed by atoms with Gasteiger partial charge in [-0.05, 0) is 95.0 Å². The van der Waals surface area contributed by atoms with Gasteiger partial charge in [0.15, 0.2) is 0 Å². The van der Waals surface area contributed by atoms with Gasteiger partial charge in [-0.25, -0.2) is 9.97 Å². The van der Waals surface area contributed by atoms with Crippen LogP contribution in [0.2, 0.25) is 0 Å². The number of piperidine rings is 1. The summed E-state index contributed by atoms with van der Waals surface area (Å²) in [5, 5.41) is 6.41. The van der Waals surface area contributed by atoms with Crippen LogP contribution in [0.5, 0.6) is 0 Å². The fourth-order valence-electron chi connectivity index (χ4n) is 5.26. The summed E-state index contributed by atoms with van der Waals surface area (Å²) in [6.45, 7) is 7.56. The molecule has 1 amide bonds. The Balaban J connectivity index is 1.22. The van der Waals surface area contributed by atoms with Crippen molar-refractivity contribution in [1.29, 1.82) is 0 Å². The Morgan fingerprint density at radius 1 is 0.889 bits per heavy atom. The normalized spacial score (nSPS) is 18.4. The lowest BCUT2D eigenvalue weighted by Gasteiger charge is -2.28. The molecule has 2 aliphatic heterocycles. The molecule has 0 bridgehead atoms. The summed E-state index contributed by atoms with van der Waals surface area (Å²) in [6, 6.07) is 18.6. The molecular formula is C29H36N6O. The van der Waals surface area contributed by atoms with Crippen LogP contribution in [0, 0.1) is 0 Å². The zero-order chi connectivity index (χ0) is 24.9. The molecule has 0 radical (unpaired) electrons. The molecule has 3 heterocycles. The van der Waals surface area contributed by atoms with Gasteiger partial charge in [0.2, 0.25) is 11.9 Å². The van der Waals surface area contributed by atoms with Crippen LogP contribution >= 0.6 is 0 Å². The van der Waals surface area contributed by atoms with E-state index in [1.54, 1.807) is 6.20 Å². The fourth-order valence-corrected chi connectivity index (χ4v) is 5.26. The number of benzene rings is 2. The van der Waals surface area contributed by atoms with Gasteiger partial charge in [0, 0.05) is 48.0 Å². The number of nitrogens with one attached hydrogen (secondary N) is 2. The zero-order valence-corrected chi connectivity index (χ0v) is 21.3. The first-order valence-corrected chi connectivity index (χ1v) is 13.2. The van der Waals surface area contributed by atoms with Crippen LogP contribution in [0.4, 0.5) is 23.0 Å². The van der Waals surface area contributed by atoms with Crippen molar-refractivity contribution >= 4 is 28.9 Å². The number of likely N-dealkylation sites (tertiary alicyclic amines) is 1. The van der Waals surface area contributed by atoms with E-state index in [9.17, 15) is 4.79 Å². The predicted octanol–water partition coefficient (Wildman–Crippen LogP) is 5.69. The quantitative estimate of drug-likeness (QED) is 0.449. The van der Waals surface area contributed by atoms with Crippen LogP contribution in [0.15, 0.2) is 60.8 Å². The van der Waals surface area contributed by atoms with Crippen molar-refractivity contribution in [1.82, 2.24) is 14.9 Å². The highest BCUT2D eigenvalue weighted by atomic mass is 16.2. The summed E-state index contributed by atoms with van der Waals surface area (Å²) in [4.78, 5) is 26.7. The van der Waals surface area contributed by atoms with Gasteiger partial charge >= 0.3 is 0 Å². The largest absolute Gasteiger partial charge is 0.372 e. The molecule has 7 heteroatoms. The molecule has 1 atom stereocenters. The molecule has 2 N–H and O–H groups in total. The number of hydrogen-bond donors (Lipinski definition) is 2. The number of carbonyl (C=O) groups excluding carboxylic acids is 1. The molecule has 5 rings (SSSR count). The molecule has 2 saturated heterocycles. The second-order valence-corrected chi connectivity index (χ2v) is 10.0. The first-order chi connectivity index (χ1) is 17.6. The van der Waals surface area contributed by atoms with Crippen molar-refractivity contribution in [2.45, 2.75) is 58.0 Å². The minimum atomic E-state index is -0.0471. The van der Waals surface area contributed by atoms with E-state index in [1.807, 2.05) is 30.3 Å². The minimum Gasteiger partial charge on any atom is -0.372 e. The molecule has 3 aromatic rings. The Labute approximate surface area is 213 Å². The first-order valence-electron chi connectivity index (χ1n) is 13.2. The van der Waals surface area contributed by atoms with Gasteiger partial charge in [0.1, 0.15) is 0 Å². The second-order valence-electron chi connectivity index (χ2n) is 10.0. The highest BCUT2D eigenvalue weighted by molar-refractivity contribution is 5.95. The third-order valence-corrected chi connectivity index (χ3v) is 7.21. The molecule has 1 aromatic heterocycles. The van der Waals surface area contributed by atoms with Gasteiger partial charge in [0.25, 0.3) is 0 Å². The highest BCUT2D eigenvalue weighted by Gasteiger charge is 2.32. The lowest BCUT2D eigenvalue weighted by atomic mass is 10.1. The molecule has 2 aromatic carbocycles. The molecule has 2 aliphatic rings. The van der Waals surface area contributed by atoms with Crippen LogP contribution < -0.4 is 15.5 Å². The van der Waals surface area contributed by atoms with E-state index in [-0.39, 0.29) is 11.9 Å². The fraction of sp³-hybridized carbons (Fsp3) is 0.414. The average Bonchev–Trinajstić information content (AvgIpc) is 3.41. The van der Waals surface area contributed by atoms with Gasteiger partial charge in [-0.2, -0.15) is 0 Å². The Morgan fingerprint density at radius 2 is 1.61 bits per heavy atom. The van der Waals surface area contributed by atoms with Crippen LogP contribution in [-0.4, -0.2) is 52.5 Å². The van der Waals surface area contributed by atoms with Crippen LogP contribution in [0.25, 0.3) is 11.3 Å². The Kier molecular flexibility index (Phi) is 7.47. The summed E-state index contributed by atoms with van der Waals surface area (Å²) in [5.74, 6) is 0.638. The zero-order valence-electron chi connectivity index (χ0n) is 21.3. The Bertz CT molecular complexity index is 1160. The van der Waals surface area contributed by atoms with Gasteiger partial charge in [0.05, 0.1) is 11.7 Å². The SMILES string of the molecule is CC(C)N1CCC[C@@H]1C(=O)Nc1ccc(-c2ccnc(Nc3ccc(N4CCCCC4)cc3)n2)cc1. The molecule has 0 saturated carbocycles. The van der Waals surface area contributed by atoms with Crippen molar-refractivity contribution in [3.05, 3.63) is 60.8 Å². The maximum atomic E-state index is 12.8. The van der Waals surface area contributed by atoms with E-state index in [4.69, 9.17) is 4.98 Å². The second kappa shape index (κ2) is 11.1. The molecular weight excluding hydrogens is 448 g/mol. The molecule has 0 unspecified atom stereocenters. The summed E-state index contributed by atoms with van der Waals surface area (Å²) < 4.78 is 0. The third kappa shape index (κ3) is 5.68. The molecule has 7 nitrogen and oxygen atoms in total. The number of anilines is 4. The van der Waals surface area contributed by atoms with Gasteiger partial charge < -0.3 is 15.5 Å². The van der Waals surface area contributed by atoms with E-state index < -0.39 is 0 Å². The highest BCUT2D eigenvalue weighted by Crippen LogP contribution is 2.26. The number of hydrogen-bond acceptors (Lipinski definition) is 6. The average molecular weight is 485 g/mol. The molecule has 0 spiro atoms. The summed E-state index contributed by atoms with van der Waals surface area (Å²) in [6.07, 6.45) is 7.62. The number of rotatable bonds is 7.